The zero-order chi connectivity index (χ0) is 14.1. The van der Waals surface area contributed by atoms with Crippen LogP contribution in [-0.4, -0.2) is 43.9 Å². The highest BCUT2D eigenvalue weighted by atomic mass is 16.5. The molecule has 1 aromatic rings. The van der Waals surface area contributed by atoms with Crippen LogP contribution < -0.4 is 10.5 Å². The third-order valence-corrected chi connectivity index (χ3v) is 4.73. The van der Waals surface area contributed by atoms with Gasteiger partial charge in [0.25, 0.3) is 0 Å². The first kappa shape index (κ1) is 13.9. The second-order valence-corrected chi connectivity index (χ2v) is 5.74. The molecule has 0 amide bonds. The molecule has 0 saturated carbocycles. The molecule has 1 fully saturated rings. The molecule has 0 bridgehead atoms. The average molecular weight is 276 g/mol. The van der Waals surface area contributed by atoms with Crippen molar-refractivity contribution in [2.24, 2.45) is 5.73 Å². The molecule has 0 aromatic heterocycles. The third kappa shape index (κ3) is 2.32. The van der Waals surface area contributed by atoms with E-state index in [2.05, 4.69) is 24.0 Å². The van der Waals surface area contributed by atoms with Gasteiger partial charge in [0.15, 0.2) is 0 Å². The van der Waals surface area contributed by atoms with Gasteiger partial charge in [-0.25, -0.2) is 0 Å². The Morgan fingerprint density at radius 2 is 2.30 bits per heavy atom. The van der Waals surface area contributed by atoms with Gasteiger partial charge in [-0.2, -0.15) is 0 Å². The molecule has 3 unspecified atom stereocenters. The smallest absolute Gasteiger partial charge is 0.119 e. The molecule has 4 nitrogen and oxygen atoms in total. The Labute approximate surface area is 120 Å². The maximum Gasteiger partial charge on any atom is 0.119 e. The topological polar surface area (TPSA) is 47.7 Å². The molecule has 0 radical (unpaired) electrons. The van der Waals surface area contributed by atoms with E-state index in [9.17, 15) is 0 Å². The number of fused-ring (bicyclic) bond motifs is 1. The standard InChI is InChI=1S/C16H24N2O2/c1-3-12-10-20-7-6-18(12)15-8-11-4-5-13(19-2)9-14(11)16(15)17/h4-5,9,12,15-16H,3,6-8,10,17H2,1-2H3. The summed E-state index contributed by atoms with van der Waals surface area (Å²) in [6.45, 7) is 4.86. The molecule has 20 heavy (non-hydrogen) atoms. The first-order valence-corrected chi connectivity index (χ1v) is 7.50. The zero-order valence-electron chi connectivity index (χ0n) is 12.3. The minimum Gasteiger partial charge on any atom is -0.497 e. The molecule has 1 aromatic carbocycles. The monoisotopic (exact) mass is 276 g/mol. The Bertz CT molecular complexity index is 478. The number of hydrogen-bond acceptors (Lipinski definition) is 4. The van der Waals surface area contributed by atoms with Crippen molar-refractivity contribution in [1.29, 1.82) is 0 Å². The van der Waals surface area contributed by atoms with E-state index in [0.29, 0.717) is 12.1 Å². The van der Waals surface area contributed by atoms with Gasteiger partial charge < -0.3 is 15.2 Å². The Morgan fingerprint density at radius 1 is 1.45 bits per heavy atom. The van der Waals surface area contributed by atoms with Gasteiger partial charge in [0.1, 0.15) is 5.75 Å². The molecule has 0 spiro atoms. The number of hydrogen-bond donors (Lipinski definition) is 1. The molecule has 3 atom stereocenters. The number of morpholine rings is 1. The van der Waals surface area contributed by atoms with Gasteiger partial charge in [-0.3, -0.25) is 4.90 Å². The van der Waals surface area contributed by atoms with Gasteiger partial charge in [0.05, 0.1) is 20.3 Å². The highest BCUT2D eigenvalue weighted by Crippen LogP contribution is 2.36. The molecule has 1 aliphatic heterocycles. The van der Waals surface area contributed by atoms with Crippen molar-refractivity contribution in [3.63, 3.8) is 0 Å². The van der Waals surface area contributed by atoms with Crippen LogP contribution in [0.25, 0.3) is 0 Å². The predicted molar refractivity (Wildman–Crippen MR) is 79.0 cm³/mol. The summed E-state index contributed by atoms with van der Waals surface area (Å²) in [5.74, 6) is 0.897. The van der Waals surface area contributed by atoms with E-state index in [1.807, 2.05) is 6.07 Å². The van der Waals surface area contributed by atoms with Crippen molar-refractivity contribution < 1.29 is 9.47 Å². The van der Waals surface area contributed by atoms with Crippen LogP contribution >= 0.6 is 0 Å². The van der Waals surface area contributed by atoms with Gasteiger partial charge >= 0.3 is 0 Å². The molecule has 3 rings (SSSR count). The second-order valence-electron chi connectivity index (χ2n) is 5.74. The lowest BCUT2D eigenvalue weighted by Gasteiger charge is -2.41. The van der Waals surface area contributed by atoms with Crippen LogP contribution in [0.15, 0.2) is 18.2 Å². The fourth-order valence-corrected chi connectivity index (χ4v) is 3.54. The van der Waals surface area contributed by atoms with Gasteiger partial charge in [0, 0.05) is 24.7 Å². The number of nitrogens with zero attached hydrogens (tertiary/aromatic N) is 1. The van der Waals surface area contributed by atoms with E-state index < -0.39 is 0 Å². The number of rotatable bonds is 3. The van der Waals surface area contributed by atoms with Crippen LogP contribution in [-0.2, 0) is 11.2 Å². The lowest BCUT2D eigenvalue weighted by molar-refractivity contribution is -0.0328. The van der Waals surface area contributed by atoms with Gasteiger partial charge in [-0.05, 0) is 36.1 Å². The highest BCUT2D eigenvalue weighted by Gasteiger charge is 2.37. The SMILES string of the molecule is CCC1COCCN1C1Cc2ccc(OC)cc2C1N. The molecular weight excluding hydrogens is 252 g/mol. The van der Waals surface area contributed by atoms with E-state index in [0.717, 1.165) is 38.3 Å². The summed E-state index contributed by atoms with van der Waals surface area (Å²) >= 11 is 0. The number of nitrogens with two attached hydrogens (primary N) is 1. The summed E-state index contributed by atoms with van der Waals surface area (Å²) in [4.78, 5) is 2.56. The Hall–Kier alpha value is -1.10. The lowest BCUT2D eigenvalue weighted by atomic mass is 10.0. The van der Waals surface area contributed by atoms with E-state index in [1.165, 1.54) is 11.1 Å². The Kier molecular flexibility index (Phi) is 3.96. The van der Waals surface area contributed by atoms with E-state index in [-0.39, 0.29) is 6.04 Å². The van der Waals surface area contributed by atoms with Crippen LogP contribution in [0.3, 0.4) is 0 Å². The zero-order valence-corrected chi connectivity index (χ0v) is 12.3. The summed E-state index contributed by atoms with van der Waals surface area (Å²) in [6, 6.07) is 7.26. The normalized spacial score (nSPS) is 30.2. The number of benzene rings is 1. The first-order chi connectivity index (χ1) is 9.74. The van der Waals surface area contributed by atoms with E-state index >= 15 is 0 Å². The summed E-state index contributed by atoms with van der Waals surface area (Å²) in [6.07, 6.45) is 2.15. The molecule has 1 saturated heterocycles. The molecule has 1 aliphatic carbocycles. The maximum atomic E-state index is 6.52. The first-order valence-electron chi connectivity index (χ1n) is 7.50. The van der Waals surface area contributed by atoms with Crippen molar-refractivity contribution in [2.75, 3.05) is 26.9 Å². The van der Waals surface area contributed by atoms with Crippen LogP contribution in [0.5, 0.6) is 5.75 Å². The van der Waals surface area contributed by atoms with Gasteiger partial charge in [-0.15, -0.1) is 0 Å². The quantitative estimate of drug-likeness (QED) is 0.913. The Balaban J connectivity index is 1.83. The average Bonchev–Trinajstić information content (AvgIpc) is 2.83. The summed E-state index contributed by atoms with van der Waals surface area (Å²) in [5, 5.41) is 0. The van der Waals surface area contributed by atoms with Crippen LogP contribution in [0.4, 0.5) is 0 Å². The summed E-state index contributed by atoms with van der Waals surface area (Å²) in [7, 11) is 1.70. The van der Waals surface area contributed by atoms with E-state index in [1.54, 1.807) is 7.11 Å². The molecular formula is C16H24N2O2. The van der Waals surface area contributed by atoms with Crippen LogP contribution in [0, 0.1) is 0 Å². The van der Waals surface area contributed by atoms with Crippen LogP contribution in [0.2, 0.25) is 0 Å². The van der Waals surface area contributed by atoms with Crippen molar-refractivity contribution >= 4 is 0 Å². The molecule has 2 aliphatic rings. The van der Waals surface area contributed by atoms with E-state index in [4.69, 9.17) is 15.2 Å². The molecule has 1 heterocycles. The van der Waals surface area contributed by atoms with Crippen LogP contribution in [0.1, 0.15) is 30.5 Å². The van der Waals surface area contributed by atoms with Gasteiger partial charge in [0.2, 0.25) is 0 Å². The fourth-order valence-electron chi connectivity index (χ4n) is 3.54. The van der Waals surface area contributed by atoms with Crippen molar-refractivity contribution in [3.8, 4) is 5.75 Å². The minimum absolute atomic E-state index is 0.0762. The molecule has 2 N–H and O–H groups in total. The summed E-state index contributed by atoms with van der Waals surface area (Å²) in [5.41, 5.74) is 9.14. The highest BCUT2D eigenvalue weighted by molar-refractivity contribution is 5.42. The number of ether oxygens (including phenoxy) is 2. The third-order valence-electron chi connectivity index (χ3n) is 4.73. The molecule has 110 valence electrons. The minimum atomic E-state index is 0.0762. The van der Waals surface area contributed by atoms with Crippen molar-refractivity contribution in [3.05, 3.63) is 29.3 Å². The fraction of sp³-hybridized carbons (Fsp3) is 0.625. The maximum absolute atomic E-state index is 6.52. The van der Waals surface area contributed by atoms with Crippen molar-refractivity contribution in [2.45, 2.75) is 37.9 Å². The number of methoxy groups -OCH3 is 1. The lowest BCUT2D eigenvalue weighted by Crippen LogP contribution is -2.53. The van der Waals surface area contributed by atoms with Crippen molar-refractivity contribution in [1.82, 2.24) is 4.90 Å². The Morgan fingerprint density at radius 3 is 3.05 bits per heavy atom. The second kappa shape index (κ2) is 5.72. The van der Waals surface area contributed by atoms with Gasteiger partial charge in [-0.1, -0.05) is 13.0 Å². The summed E-state index contributed by atoms with van der Waals surface area (Å²) < 4.78 is 10.9. The largest absolute Gasteiger partial charge is 0.497 e. The molecule has 4 heteroatoms. The predicted octanol–water partition coefficient (Wildman–Crippen LogP) is 1.73.